The third kappa shape index (κ3) is 4.71. The number of benzene rings is 1. The molecule has 1 aromatic carbocycles. The van der Waals surface area contributed by atoms with Gasteiger partial charge in [-0.15, -0.1) is 0 Å². The average Bonchev–Trinajstić information content (AvgIpc) is 3.30. The summed E-state index contributed by atoms with van der Waals surface area (Å²) in [4.78, 5) is 31.0. The molecule has 1 atom stereocenters. The van der Waals surface area contributed by atoms with Gasteiger partial charge in [0.1, 0.15) is 6.26 Å². The molecular formula is C23H23N3O3. The van der Waals surface area contributed by atoms with E-state index in [9.17, 15) is 9.59 Å². The van der Waals surface area contributed by atoms with Crippen molar-refractivity contribution in [1.82, 2.24) is 9.88 Å². The number of furan rings is 1. The molecule has 1 aliphatic heterocycles. The number of nitrogens with one attached hydrogen (secondary N) is 1. The van der Waals surface area contributed by atoms with Crippen LogP contribution in [0.1, 0.15) is 34.3 Å². The maximum atomic E-state index is 12.7. The van der Waals surface area contributed by atoms with Crippen LogP contribution in [-0.2, 0) is 11.2 Å². The largest absolute Gasteiger partial charge is 0.472 e. The van der Waals surface area contributed by atoms with Crippen LogP contribution < -0.4 is 5.32 Å². The van der Waals surface area contributed by atoms with Crippen molar-refractivity contribution >= 4 is 17.5 Å². The third-order valence-electron chi connectivity index (χ3n) is 5.23. The van der Waals surface area contributed by atoms with Crippen LogP contribution in [0.2, 0.25) is 0 Å². The first-order valence-corrected chi connectivity index (χ1v) is 9.79. The average molecular weight is 389 g/mol. The quantitative estimate of drug-likeness (QED) is 0.721. The summed E-state index contributed by atoms with van der Waals surface area (Å²) < 4.78 is 5.00. The summed E-state index contributed by atoms with van der Waals surface area (Å²) in [6.45, 7) is 1.09. The third-order valence-corrected chi connectivity index (χ3v) is 5.23. The minimum absolute atomic E-state index is 0.0448. The topological polar surface area (TPSA) is 75.4 Å². The Labute approximate surface area is 169 Å². The second kappa shape index (κ2) is 8.73. The molecule has 1 N–H and O–H groups in total. The predicted octanol–water partition coefficient (Wildman–Crippen LogP) is 3.76. The number of amides is 2. The van der Waals surface area contributed by atoms with Gasteiger partial charge in [-0.1, -0.05) is 12.1 Å². The fourth-order valence-electron chi connectivity index (χ4n) is 3.63. The molecule has 0 spiro atoms. The SMILES string of the molecule is O=C(Nc1ccc(Cc2ccncc2)cc1)C1CCCN(C(=O)c2ccoc2)C1. The molecule has 2 aromatic heterocycles. The normalized spacial score (nSPS) is 16.4. The van der Waals surface area contributed by atoms with Gasteiger partial charge in [-0.05, 0) is 60.7 Å². The summed E-state index contributed by atoms with van der Waals surface area (Å²) in [6, 6.07) is 13.5. The van der Waals surface area contributed by atoms with Gasteiger partial charge in [0.15, 0.2) is 0 Å². The van der Waals surface area contributed by atoms with Gasteiger partial charge < -0.3 is 14.6 Å². The van der Waals surface area contributed by atoms with Crippen LogP contribution in [0.4, 0.5) is 5.69 Å². The summed E-state index contributed by atoms with van der Waals surface area (Å²) in [5.74, 6) is -0.343. The molecule has 3 aromatic rings. The molecule has 0 aliphatic carbocycles. The van der Waals surface area contributed by atoms with Gasteiger partial charge in [0, 0.05) is 31.2 Å². The highest BCUT2D eigenvalue weighted by molar-refractivity contribution is 5.96. The summed E-state index contributed by atoms with van der Waals surface area (Å²) >= 11 is 0. The van der Waals surface area contributed by atoms with E-state index in [0.29, 0.717) is 18.7 Å². The molecule has 0 bridgehead atoms. The minimum atomic E-state index is -0.212. The standard InChI is InChI=1S/C23H23N3O3/c27-22(19-2-1-12-26(15-19)23(28)20-9-13-29-16-20)25-21-5-3-17(4-6-21)14-18-7-10-24-11-8-18/h3-11,13,16,19H,1-2,12,14-15H2,(H,25,27). The molecular weight excluding hydrogens is 366 g/mol. The van der Waals surface area contributed by atoms with Crippen LogP contribution in [0, 0.1) is 5.92 Å². The Morgan fingerprint density at radius 1 is 1.07 bits per heavy atom. The minimum Gasteiger partial charge on any atom is -0.472 e. The fourth-order valence-corrected chi connectivity index (χ4v) is 3.63. The zero-order valence-corrected chi connectivity index (χ0v) is 16.1. The molecule has 148 valence electrons. The van der Waals surface area contributed by atoms with Gasteiger partial charge >= 0.3 is 0 Å². The highest BCUT2D eigenvalue weighted by Crippen LogP contribution is 2.21. The first-order valence-electron chi connectivity index (χ1n) is 9.79. The number of hydrogen-bond acceptors (Lipinski definition) is 4. The van der Waals surface area contributed by atoms with Crippen molar-refractivity contribution in [3.8, 4) is 0 Å². The molecule has 4 rings (SSSR count). The first-order chi connectivity index (χ1) is 14.2. The Bertz CT molecular complexity index is 953. The maximum absolute atomic E-state index is 12.7. The van der Waals surface area contributed by atoms with E-state index in [4.69, 9.17) is 4.42 Å². The number of aromatic nitrogens is 1. The zero-order chi connectivity index (χ0) is 20.1. The number of hydrogen-bond donors (Lipinski definition) is 1. The Hall–Kier alpha value is -3.41. The second-order valence-corrected chi connectivity index (χ2v) is 7.32. The van der Waals surface area contributed by atoms with E-state index in [1.54, 1.807) is 23.4 Å². The van der Waals surface area contributed by atoms with Crippen molar-refractivity contribution in [3.63, 3.8) is 0 Å². The van der Waals surface area contributed by atoms with Crippen LogP contribution >= 0.6 is 0 Å². The van der Waals surface area contributed by atoms with E-state index in [1.807, 2.05) is 36.4 Å². The number of pyridine rings is 1. The van der Waals surface area contributed by atoms with Gasteiger partial charge in [-0.3, -0.25) is 14.6 Å². The highest BCUT2D eigenvalue weighted by Gasteiger charge is 2.29. The fraction of sp³-hybridized carbons (Fsp3) is 0.261. The molecule has 0 radical (unpaired) electrons. The van der Waals surface area contributed by atoms with Crippen molar-refractivity contribution in [2.45, 2.75) is 19.3 Å². The lowest BCUT2D eigenvalue weighted by atomic mass is 9.96. The molecule has 1 unspecified atom stereocenters. The van der Waals surface area contributed by atoms with E-state index in [1.165, 1.54) is 23.7 Å². The maximum Gasteiger partial charge on any atom is 0.257 e. The summed E-state index contributed by atoms with van der Waals surface area (Å²) in [7, 11) is 0. The smallest absolute Gasteiger partial charge is 0.257 e. The van der Waals surface area contributed by atoms with Crippen LogP contribution in [-0.4, -0.2) is 34.8 Å². The Morgan fingerprint density at radius 2 is 1.83 bits per heavy atom. The lowest BCUT2D eigenvalue weighted by Crippen LogP contribution is -2.43. The van der Waals surface area contributed by atoms with Crippen molar-refractivity contribution < 1.29 is 14.0 Å². The molecule has 3 heterocycles. The number of nitrogens with zero attached hydrogens (tertiary/aromatic N) is 2. The van der Waals surface area contributed by atoms with Crippen LogP contribution in [0.5, 0.6) is 0 Å². The van der Waals surface area contributed by atoms with E-state index in [2.05, 4.69) is 10.3 Å². The predicted molar refractivity (Wildman–Crippen MR) is 109 cm³/mol. The summed E-state index contributed by atoms with van der Waals surface area (Å²) in [6.07, 6.45) is 8.92. The van der Waals surface area contributed by atoms with Gasteiger partial charge in [-0.25, -0.2) is 0 Å². The lowest BCUT2D eigenvalue weighted by Gasteiger charge is -2.31. The van der Waals surface area contributed by atoms with E-state index in [-0.39, 0.29) is 17.7 Å². The molecule has 1 aliphatic rings. The van der Waals surface area contributed by atoms with Gasteiger partial charge in [-0.2, -0.15) is 0 Å². The van der Waals surface area contributed by atoms with Gasteiger partial charge in [0.05, 0.1) is 17.7 Å². The number of carbonyl (C=O) groups is 2. The number of anilines is 1. The lowest BCUT2D eigenvalue weighted by molar-refractivity contribution is -0.121. The van der Waals surface area contributed by atoms with E-state index in [0.717, 1.165) is 24.9 Å². The Balaban J connectivity index is 1.34. The molecule has 0 saturated carbocycles. The first kappa shape index (κ1) is 18.9. The van der Waals surface area contributed by atoms with Crippen LogP contribution in [0.25, 0.3) is 0 Å². The zero-order valence-electron chi connectivity index (χ0n) is 16.1. The number of piperidine rings is 1. The second-order valence-electron chi connectivity index (χ2n) is 7.32. The van der Waals surface area contributed by atoms with Gasteiger partial charge in [0.25, 0.3) is 5.91 Å². The highest BCUT2D eigenvalue weighted by atomic mass is 16.3. The monoisotopic (exact) mass is 389 g/mol. The van der Waals surface area contributed by atoms with Crippen LogP contribution in [0.3, 0.4) is 0 Å². The molecule has 6 heteroatoms. The Morgan fingerprint density at radius 3 is 2.55 bits per heavy atom. The number of likely N-dealkylation sites (tertiary alicyclic amines) is 1. The number of carbonyl (C=O) groups excluding carboxylic acids is 2. The van der Waals surface area contributed by atoms with Crippen molar-refractivity contribution in [2.75, 3.05) is 18.4 Å². The van der Waals surface area contributed by atoms with Crippen molar-refractivity contribution in [3.05, 3.63) is 84.1 Å². The molecule has 1 fully saturated rings. The van der Waals surface area contributed by atoms with Crippen LogP contribution in [0.15, 0.2) is 71.8 Å². The molecule has 6 nitrogen and oxygen atoms in total. The van der Waals surface area contributed by atoms with E-state index >= 15 is 0 Å². The van der Waals surface area contributed by atoms with Gasteiger partial charge in [0.2, 0.25) is 5.91 Å². The number of rotatable bonds is 5. The Kier molecular flexibility index (Phi) is 5.70. The molecule has 29 heavy (non-hydrogen) atoms. The summed E-state index contributed by atoms with van der Waals surface area (Å²) in [5.41, 5.74) is 3.66. The van der Waals surface area contributed by atoms with E-state index < -0.39 is 0 Å². The van der Waals surface area contributed by atoms with Crippen molar-refractivity contribution in [2.24, 2.45) is 5.92 Å². The molecule has 1 saturated heterocycles. The van der Waals surface area contributed by atoms with Crippen molar-refractivity contribution in [1.29, 1.82) is 0 Å². The summed E-state index contributed by atoms with van der Waals surface area (Å²) in [5, 5.41) is 2.99. The molecule has 2 amide bonds.